The Balaban J connectivity index is 0.000000204. The molecular weight excluding hydrogens is 384 g/mol. The maximum atomic E-state index is 4.60. The van der Waals surface area contributed by atoms with Gasteiger partial charge in [-0.15, -0.1) is 0 Å². The lowest BCUT2D eigenvalue weighted by Gasteiger charge is -2.09. The first-order valence-electron chi connectivity index (χ1n) is 11.4. The third-order valence-corrected chi connectivity index (χ3v) is 5.37. The lowest BCUT2D eigenvalue weighted by atomic mass is 10.1. The molecule has 31 heavy (non-hydrogen) atoms. The van der Waals surface area contributed by atoms with E-state index in [9.17, 15) is 0 Å². The van der Waals surface area contributed by atoms with E-state index in [0.29, 0.717) is 11.8 Å². The van der Waals surface area contributed by atoms with E-state index in [4.69, 9.17) is 0 Å². The number of hydrogen-bond acceptors (Lipinski definition) is 4. The van der Waals surface area contributed by atoms with Crippen molar-refractivity contribution in [1.82, 2.24) is 28.7 Å². The van der Waals surface area contributed by atoms with Gasteiger partial charge < -0.3 is 4.40 Å². The van der Waals surface area contributed by atoms with Crippen molar-refractivity contribution in [3.63, 3.8) is 0 Å². The Morgan fingerprint density at radius 2 is 1.58 bits per heavy atom. The summed E-state index contributed by atoms with van der Waals surface area (Å²) < 4.78 is 4.27. The van der Waals surface area contributed by atoms with E-state index in [1.54, 1.807) is 0 Å². The fourth-order valence-electron chi connectivity index (χ4n) is 3.73. The van der Waals surface area contributed by atoms with Gasteiger partial charge in [-0.25, -0.2) is 9.97 Å². The highest BCUT2D eigenvalue weighted by molar-refractivity contribution is 5.49. The van der Waals surface area contributed by atoms with Gasteiger partial charge in [0.2, 0.25) is 0 Å². The van der Waals surface area contributed by atoms with Gasteiger partial charge in [-0.1, -0.05) is 41.5 Å². The Hall–Kier alpha value is -2.76. The van der Waals surface area contributed by atoms with Gasteiger partial charge in [0, 0.05) is 42.1 Å². The van der Waals surface area contributed by atoms with Gasteiger partial charge in [-0.2, -0.15) is 0 Å². The molecule has 0 aromatic carbocycles. The predicted octanol–water partition coefficient (Wildman–Crippen LogP) is 6.36. The molecule has 0 amide bonds. The Labute approximate surface area is 186 Å². The maximum Gasteiger partial charge on any atom is 0.159 e. The molecule has 4 aromatic heterocycles. The topological polar surface area (TPSA) is 60.4 Å². The summed E-state index contributed by atoms with van der Waals surface area (Å²) in [4.78, 5) is 17.8. The van der Waals surface area contributed by atoms with E-state index in [1.165, 1.54) is 5.69 Å². The smallest absolute Gasteiger partial charge is 0.159 e. The zero-order chi connectivity index (χ0) is 23.3. The number of fused-ring (bicyclic) bond motifs is 2. The predicted molar refractivity (Wildman–Crippen MR) is 129 cm³/mol. The van der Waals surface area contributed by atoms with Gasteiger partial charge in [0.05, 0.1) is 22.8 Å². The third kappa shape index (κ3) is 5.12. The van der Waals surface area contributed by atoms with Crippen LogP contribution in [0, 0.1) is 27.7 Å². The third-order valence-electron chi connectivity index (χ3n) is 5.37. The van der Waals surface area contributed by atoms with Crippen LogP contribution in [0.3, 0.4) is 0 Å². The van der Waals surface area contributed by atoms with Gasteiger partial charge in [0.1, 0.15) is 0 Å². The van der Waals surface area contributed by atoms with Crippen molar-refractivity contribution >= 4 is 11.3 Å². The van der Waals surface area contributed by atoms with Crippen LogP contribution in [-0.4, -0.2) is 28.7 Å². The molecular formula is C25H38N6. The standard InChI is InChI=1S/C12H17N3.C11H15N3.C2H6/c1-7(2)11-9(4)14-12-10(5)13-6-8(3)15(11)12;1-4-8(2)10-11-13-9(3)7-14(11)6-5-12-10;1-2/h6-7H,1-5H3;5-8H,4H2,1-3H3;1-2H3. The van der Waals surface area contributed by atoms with Gasteiger partial charge in [0.15, 0.2) is 11.3 Å². The molecule has 0 aliphatic rings. The van der Waals surface area contributed by atoms with Crippen LogP contribution >= 0.6 is 0 Å². The van der Waals surface area contributed by atoms with Crippen LogP contribution in [0.4, 0.5) is 0 Å². The first-order valence-corrected chi connectivity index (χ1v) is 11.4. The number of aryl methyl sites for hydroxylation is 4. The van der Waals surface area contributed by atoms with Crippen molar-refractivity contribution in [3.05, 3.63) is 59.0 Å². The molecule has 4 aromatic rings. The average Bonchev–Trinajstić information content (AvgIpc) is 3.31. The largest absolute Gasteiger partial charge is 0.304 e. The molecule has 4 heterocycles. The second kappa shape index (κ2) is 10.5. The van der Waals surface area contributed by atoms with Crippen LogP contribution in [0.5, 0.6) is 0 Å². The van der Waals surface area contributed by atoms with E-state index in [-0.39, 0.29) is 0 Å². The monoisotopic (exact) mass is 422 g/mol. The minimum atomic E-state index is 0.473. The highest BCUT2D eigenvalue weighted by Gasteiger charge is 2.15. The molecule has 4 rings (SSSR count). The molecule has 0 aliphatic carbocycles. The summed E-state index contributed by atoms with van der Waals surface area (Å²) in [6.07, 6.45) is 8.83. The number of imidazole rings is 2. The summed E-state index contributed by atoms with van der Waals surface area (Å²) in [5.74, 6) is 0.959. The summed E-state index contributed by atoms with van der Waals surface area (Å²) in [7, 11) is 0. The Kier molecular flexibility index (Phi) is 8.31. The van der Waals surface area contributed by atoms with Gasteiger partial charge in [-0.05, 0) is 40.0 Å². The number of hydrogen-bond donors (Lipinski definition) is 0. The lowest BCUT2D eigenvalue weighted by Crippen LogP contribution is -2.02. The van der Waals surface area contributed by atoms with Gasteiger partial charge in [0.25, 0.3) is 0 Å². The zero-order valence-corrected chi connectivity index (χ0v) is 20.9. The quantitative estimate of drug-likeness (QED) is 0.386. The summed E-state index contributed by atoms with van der Waals surface area (Å²) >= 11 is 0. The fourth-order valence-corrected chi connectivity index (χ4v) is 3.73. The number of nitrogens with zero attached hydrogens (tertiary/aromatic N) is 6. The van der Waals surface area contributed by atoms with Crippen molar-refractivity contribution in [2.75, 3.05) is 0 Å². The molecule has 6 nitrogen and oxygen atoms in total. The molecule has 1 atom stereocenters. The summed E-state index contributed by atoms with van der Waals surface area (Å²) in [6, 6.07) is 0. The molecule has 0 saturated carbocycles. The second-order valence-electron chi connectivity index (χ2n) is 8.12. The molecule has 0 fully saturated rings. The average molecular weight is 423 g/mol. The summed E-state index contributed by atoms with van der Waals surface area (Å²) in [6.45, 7) is 20.9. The first kappa shape index (κ1) is 24.5. The molecule has 0 bridgehead atoms. The maximum absolute atomic E-state index is 4.60. The van der Waals surface area contributed by atoms with Gasteiger partial charge >= 0.3 is 0 Å². The Morgan fingerprint density at radius 3 is 2.19 bits per heavy atom. The molecule has 168 valence electrons. The van der Waals surface area contributed by atoms with Gasteiger partial charge in [-0.3, -0.25) is 14.4 Å². The van der Waals surface area contributed by atoms with E-state index in [2.05, 4.69) is 65.9 Å². The fraction of sp³-hybridized carbons (Fsp3) is 0.520. The second-order valence-corrected chi connectivity index (χ2v) is 8.12. The highest BCUT2D eigenvalue weighted by atomic mass is 15.1. The van der Waals surface area contributed by atoms with Crippen molar-refractivity contribution in [2.45, 2.75) is 87.5 Å². The van der Waals surface area contributed by atoms with E-state index in [0.717, 1.165) is 46.2 Å². The SMILES string of the molecule is CC.CCC(C)c1nccn2cc(C)nc12.Cc1nc2c(C)ncc(C)n2c1C(C)C. The van der Waals surface area contributed by atoms with Crippen molar-refractivity contribution in [1.29, 1.82) is 0 Å². The molecule has 1 unspecified atom stereocenters. The number of aromatic nitrogens is 6. The minimum Gasteiger partial charge on any atom is -0.304 e. The van der Waals surface area contributed by atoms with Crippen molar-refractivity contribution < 1.29 is 0 Å². The van der Waals surface area contributed by atoms with Crippen molar-refractivity contribution in [2.24, 2.45) is 0 Å². The highest BCUT2D eigenvalue weighted by Crippen LogP contribution is 2.23. The summed E-state index contributed by atoms with van der Waals surface area (Å²) in [5, 5.41) is 0. The van der Waals surface area contributed by atoms with E-state index in [1.807, 2.05) is 56.9 Å². The van der Waals surface area contributed by atoms with Crippen LogP contribution in [0.15, 0.2) is 24.8 Å². The summed E-state index contributed by atoms with van der Waals surface area (Å²) in [5.41, 5.74) is 8.70. The van der Waals surface area contributed by atoms with Crippen LogP contribution in [0.2, 0.25) is 0 Å². The van der Waals surface area contributed by atoms with Crippen LogP contribution in [0.25, 0.3) is 11.3 Å². The number of rotatable bonds is 3. The van der Waals surface area contributed by atoms with Crippen LogP contribution < -0.4 is 0 Å². The lowest BCUT2D eigenvalue weighted by molar-refractivity contribution is 0.707. The van der Waals surface area contributed by atoms with E-state index >= 15 is 0 Å². The molecule has 0 radical (unpaired) electrons. The Bertz CT molecular complexity index is 1140. The molecule has 0 aliphatic heterocycles. The van der Waals surface area contributed by atoms with Crippen LogP contribution in [-0.2, 0) is 0 Å². The van der Waals surface area contributed by atoms with Crippen LogP contribution in [0.1, 0.15) is 94.0 Å². The molecule has 0 saturated heterocycles. The minimum absolute atomic E-state index is 0.473. The zero-order valence-electron chi connectivity index (χ0n) is 20.9. The normalized spacial score (nSPS) is 11.8. The molecule has 0 N–H and O–H groups in total. The Morgan fingerprint density at radius 1 is 0.903 bits per heavy atom. The first-order chi connectivity index (χ1) is 14.7. The van der Waals surface area contributed by atoms with E-state index < -0.39 is 0 Å². The molecule has 6 heteroatoms. The van der Waals surface area contributed by atoms with Crippen molar-refractivity contribution in [3.8, 4) is 0 Å². The molecule has 0 spiro atoms.